The van der Waals surface area contributed by atoms with E-state index in [0.29, 0.717) is 5.56 Å². The van der Waals surface area contributed by atoms with Crippen molar-refractivity contribution in [1.29, 1.82) is 0 Å². The lowest BCUT2D eigenvalue weighted by Gasteiger charge is -2.14. The third kappa shape index (κ3) is 3.21. The number of halogens is 1. The summed E-state index contributed by atoms with van der Waals surface area (Å²) in [6.45, 7) is 6.13. The fourth-order valence-corrected chi connectivity index (χ4v) is 2.13. The van der Waals surface area contributed by atoms with E-state index in [9.17, 15) is 9.18 Å². The molecule has 0 aliphatic heterocycles. The molecule has 0 aliphatic carbocycles. The molecule has 1 N–H and O–H groups in total. The van der Waals surface area contributed by atoms with Crippen LogP contribution in [0.2, 0.25) is 0 Å². The lowest BCUT2D eigenvalue weighted by molar-refractivity contribution is 0.0691. The molecule has 4 heteroatoms. The van der Waals surface area contributed by atoms with Crippen LogP contribution in [0.4, 0.5) is 4.39 Å². The largest absolute Gasteiger partial charge is 0.488 e. The highest BCUT2D eigenvalue weighted by Gasteiger charge is 2.12. The Morgan fingerprint density at radius 3 is 2.48 bits per heavy atom. The van der Waals surface area contributed by atoms with E-state index in [1.165, 1.54) is 12.1 Å². The van der Waals surface area contributed by atoms with Crippen LogP contribution in [0.25, 0.3) is 0 Å². The highest BCUT2D eigenvalue weighted by Crippen LogP contribution is 2.26. The Balaban J connectivity index is 2.23. The molecule has 0 saturated heterocycles. The third-order valence-electron chi connectivity index (χ3n) is 3.52. The summed E-state index contributed by atoms with van der Waals surface area (Å²) in [5.74, 6) is -1.23. The number of carboxylic acids is 1. The molecule has 0 radical (unpaired) electrons. The fourth-order valence-electron chi connectivity index (χ4n) is 2.13. The normalized spacial score (nSPS) is 10.5. The lowest BCUT2D eigenvalue weighted by Crippen LogP contribution is -2.04. The third-order valence-corrected chi connectivity index (χ3v) is 3.52. The van der Waals surface area contributed by atoms with Gasteiger partial charge in [0, 0.05) is 0 Å². The van der Waals surface area contributed by atoms with Gasteiger partial charge in [-0.15, -0.1) is 0 Å². The van der Waals surface area contributed by atoms with Crippen molar-refractivity contribution in [2.24, 2.45) is 0 Å². The van der Waals surface area contributed by atoms with Crippen LogP contribution in [0.1, 0.15) is 32.6 Å². The molecule has 0 heterocycles. The number of hydrogen-bond donors (Lipinski definition) is 1. The summed E-state index contributed by atoms with van der Waals surface area (Å²) in [7, 11) is 0. The van der Waals surface area contributed by atoms with Crippen molar-refractivity contribution in [1.82, 2.24) is 0 Å². The van der Waals surface area contributed by atoms with Gasteiger partial charge in [0.2, 0.25) is 0 Å². The molecule has 0 atom stereocenters. The van der Waals surface area contributed by atoms with E-state index >= 15 is 0 Å². The van der Waals surface area contributed by atoms with Crippen LogP contribution >= 0.6 is 0 Å². The number of rotatable bonds is 4. The maximum atomic E-state index is 13.3. The summed E-state index contributed by atoms with van der Waals surface area (Å²) in [5, 5.41) is 8.92. The van der Waals surface area contributed by atoms with E-state index < -0.39 is 11.8 Å². The van der Waals surface area contributed by atoms with Crippen molar-refractivity contribution in [3.8, 4) is 5.75 Å². The first-order valence-electron chi connectivity index (χ1n) is 6.61. The first-order valence-corrected chi connectivity index (χ1v) is 6.61. The summed E-state index contributed by atoms with van der Waals surface area (Å²) in [6, 6.07) is 7.99. The fraction of sp³-hybridized carbons (Fsp3) is 0.235. The highest BCUT2D eigenvalue weighted by atomic mass is 19.1. The highest BCUT2D eigenvalue weighted by molar-refractivity contribution is 5.88. The maximum absolute atomic E-state index is 13.3. The average molecular weight is 288 g/mol. The Morgan fingerprint density at radius 2 is 1.81 bits per heavy atom. The van der Waals surface area contributed by atoms with Crippen LogP contribution in [-0.2, 0) is 6.61 Å². The SMILES string of the molecule is Cc1ccc(C)c(OCc2ccc(F)c(C(=O)O)c2)c1C. The van der Waals surface area contributed by atoms with Gasteiger partial charge in [-0.3, -0.25) is 0 Å². The summed E-state index contributed by atoms with van der Waals surface area (Å²) in [4.78, 5) is 10.9. The molecule has 0 fully saturated rings. The molecular weight excluding hydrogens is 271 g/mol. The minimum atomic E-state index is -1.28. The van der Waals surface area contributed by atoms with Crippen LogP contribution in [0.3, 0.4) is 0 Å². The molecule has 0 aromatic heterocycles. The Labute approximate surface area is 123 Å². The second-order valence-electron chi connectivity index (χ2n) is 5.06. The molecule has 0 saturated carbocycles. The first-order chi connectivity index (χ1) is 9.90. The van der Waals surface area contributed by atoms with E-state index in [0.717, 1.165) is 28.5 Å². The van der Waals surface area contributed by atoms with E-state index in [1.54, 1.807) is 0 Å². The number of aryl methyl sites for hydroxylation is 2. The minimum absolute atomic E-state index is 0.200. The van der Waals surface area contributed by atoms with Gasteiger partial charge in [-0.25, -0.2) is 9.18 Å². The van der Waals surface area contributed by atoms with Crippen molar-refractivity contribution < 1.29 is 19.0 Å². The lowest BCUT2D eigenvalue weighted by atomic mass is 10.1. The van der Waals surface area contributed by atoms with E-state index in [2.05, 4.69) is 0 Å². The quantitative estimate of drug-likeness (QED) is 0.924. The molecule has 0 bridgehead atoms. The van der Waals surface area contributed by atoms with Gasteiger partial charge < -0.3 is 9.84 Å². The predicted molar refractivity (Wildman–Crippen MR) is 78.3 cm³/mol. The van der Waals surface area contributed by atoms with E-state index in [1.807, 2.05) is 32.9 Å². The first kappa shape index (κ1) is 15.0. The maximum Gasteiger partial charge on any atom is 0.338 e. The summed E-state index contributed by atoms with van der Waals surface area (Å²) < 4.78 is 19.1. The minimum Gasteiger partial charge on any atom is -0.488 e. The molecule has 0 amide bonds. The topological polar surface area (TPSA) is 46.5 Å². The number of carboxylic acid groups (broad SMARTS) is 1. The second-order valence-corrected chi connectivity index (χ2v) is 5.06. The smallest absolute Gasteiger partial charge is 0.338 e. The molecule has 21 heavy (non-hydrogen) atoms. The molecule has 2 aromatic rings. The van der Waals surface area contributed by atoms with Gasteiger partial charge in [0.1, 0.15) is 18.2 Å². The summed E-state index contributed by atoms with van der Waals surface area (Å²) >= 11 is 0. The van der Waals surface area contributed by atoms with Gasteiger partial charge in [-0.2, -0.15) is 0 Å². The molecule has 3 nitrogen and oxygen atoms in total. The van der Waals surface area contributed by atoms with Gasteiger partial charge >= 0.3 is 5.97 Å². The second kappa shape index (κ2) is 5.95. The van der Waals surface area contributed by atoms with Gasteiger partial charge in [0.05, 0.1) is 5.56 Å². The van der Waals surface area contributed by atoms with Crippen molar-refractivity contribution in [3.05, 3.63) is 64.0 Å². The Hall–Kier alpha value is -2.36. The summed E-state index contributed by atoms with van der Waals surface area (Å²) in [5.41, 5.74) is 3.47. The van der Waals surface area contributed by atoms with Crippen molar-refractivity contribution in [2.75, 3.05) is 0 Å². The van der Waals surface area contributed by atoms with Gasteiger partial charge in [0.25, 0.3) is 0 Å². The van der Waals surface area contributed by atoms with Gasteiger partial charge in [0.15, 0.2) is 0 Å². The average Bonchev–Trinajstić information content (AvgIpc) is 2.44. The monoisotopic (exact) mass is 288 g/mol. The molecule has 110 valence electrons. The van der Waals surface area contributed by atoms with Crippen molar-refractivity contribution >= 4 is 5.97 Å². The van der Waals surface area contributed by atoms with E-state index in [-0.39, 0.29) is 12.2 Å². The number of aromatic carboxylic acids is 1. The Kier molecular flexibility index (Phi) is 4.26. The van der Waals surface area contributed by atoms with Crippen LogP contribution in [0.15, 0.2) is 30.3 Å². The number of hydrogen-bond acceptors (Lipinski definition) is 2. The molecule has 2 rings (SSSR count). The molecule has 0 unspecified atom stereocenters. The zero-order valence-corrected chi connectivity index (χ0v) is 12.2. The number of ether oxygens (including phenoxy) is 1. The zero-order valence-electron chi connectivity index (χ0n) is 12.2. The number of benzene rings is 2. The van der Waals surface area contributed by atoms with Crippen molar-refractivity contribution in [2.45, 2.75) is 27.4 Å². The van der Waals surface area contributed by atoms with Crippen molar-refractivity contribution in [3.63, 3.8) is 0 Å². The molecule has 2 aromatic carbocycles. The molecule has 0 spiro atoms. The molecule has 0 aliphatic rings. The molecular formula is C17H17FO3. The van der Waals surface area contributed by atoms with Gasteiger partial charge in [-0.05, 0) is 55.2 Å². The Morgan fingerprint density at radius 1 is 1.14 bits per heavy atom. The predicted octanol–water partition coefficient (Wildman–Crippen LogP) is 4.03. The van der Waals surface area contributed by atoms with Crippen LogP contribution < -0.4 is 4.74 Å². The Bertz CT molecular complexity index is 693. The van der Waals surface area contributed by atoms with Gasteiger partial charge in [-0.1, -0.05) is 18.2 Å². The standard InChI is InChI=1S/C17H17FO3/c1-10-4-5-11(2)16(12(10)3)21-9-13-6-7-15(18)14(8-13)17(19)20/h4-8H,9H2,1-3H3,(H,19,20). The van der Waals surface area contributed by atoms with Crippen LogP contribution in [0, 0.1) is 26.6 Å². The zero-order chi connectivity index (χ0) is 15.6. The van der Waals surface area contributed by atoms with E-state index in [4.69, 9.17) is 9.84 Å². The summed E-state index contributed by atoms with van der Waals surface area (Å²) in [6.07, 6.45) is 0. The number of carbonyl (C=O) groups is 1. The van der Waals surface area contributed by atoms with Crippen LogP contribution in [-0.4, -0.2) is 11.1 Å². The van der Waals surface area contributed by atoms with Crippen LogP contribution in [0.5, 0.6) is 5.75 Å².